The number of aromatic nitrogens is 2. The van der Waals surface area contributed by atoms with Crippen molar-refractivity contribution >= 4 is 32.4 Å². The highest BCUT2D eigenvalue weighted by atomic mass is 32.2. The van der Waals surface area contributed by atoms with Crippen LogP contribution >= 0.6 is 0 Å². The molecule has 10 heteroatoms. The SMILES string of the molecule is Cc1cccc2nc(CNc3ccc(S(=O)(=O)N4CCCCC4)cc3[N+](=O)[O-])n(C)c12. The van der Waals surface area contributed by atoms with Crippen LogP contribution in [-0.4, -0.2) is 40.3 Å². The van der Waals surface area contributed by atoms with Gasteiger partial charge in [0, 0.05) is 26.2 Å². The molecule has 1 aromatic heterocycles. The average Bonchev–Trinajstić information content (AvgIpc) is 3.09. The first-order valence-corrected chi connectivity index (χ1v) is 11.7. The molecule has 2 heterocycles. The second-order valence-corrected chi connectivity index (χ2v) is 9.72. The predicted molar refractivity (Wildman–Crippen MR) is 118 cm³/mol. The molecule has 164 valence electrons. The first-order valence-electron chi connectivity index (χ1n) is 10.2. The molecule has 0 amide bonds. The van der Waals surface area contributed by atoms with Crippen LogP contribution in [0.25, 0.3) is 11.0 Å². The Kier molecular flexibility index (Phi) is 5.67. The minimum Gasteiger partial charge on any atom is -0.372 e. The van der Waals surface area contributed by atoms with Crippen LogP contribution in [0.5, 0.6) is 0 Å². The highest BCUT2D eigenvalue weighted by Crippen LogP contribution is 2.30. The summed E-state index contributed by atoms with van der Waals surface area (Å²) in [6.07, 6.45) is 2.60. The maximum atomic E-state index is 12.9. The summed E-state index contributed by atoms with van der Waals surface area (Å²) in [5.74, 6) is 0.726. The number of para-hydroxylation sites is 1. The summed E-state index contributed by atoms with van der Waals surface area (Å²) in [5, 5.41) is 14.7. The van der Waals surface area contributed by atoms with Gasteiger partial charge in [-0.25, -0.2) is 13.4 Å². The summed E-state index contributed by atoms with van der Waals surface area (Å²) in [6, 6.07) is 9.91. The number of fused-ring (bicyclic) bond motifs is 1. The number of hydrogen-bond acceptors (Lipinski definition) is 6. The van der Waals surface area contributed by atoms with Crippen molar-refractivity contribution in [2.24, 2.45) is 7.05 Å². The Balaban J connectivity index is 1.61. The molecule has 0 aliphatic carbocycles. The average molecular weight is 444 g/mol. The van der Waals surface area contributed by atoms with Gasteiger partial charge >= 0.3 is 0 Å². The third kappa shape index (κ3) is 4.00. The second kappa shape index (κ2) is 8.27. The Hall–Kier alpha value is -2.98. The Morgan fingerprint density at radius 2 is 1.90 bits per heavy atom. The molecule has 1 aliphatic heterocycles. The van der Waals surface area contributed by atoms with Gasteiger partial charge in [-0.1, -0.05) is 18.6 Å². The van der Waals surface area contributed by atoms with Crippen molar-refractivity contribution in [1.82, 2.24) is 13.9 Å². The minimum absolute atomic E-state index is 0.0509. The van der Waals surface area contributed by atoms with Crippen molar-refractivity contribution in [1.29, 1.82) is 0 Å². The molecule has 3 aromatic rings. The van der Waals surface area contributed by atoms with Gasteiger partial charge in [0.15, 0.2) is 0 Å². The zero-order valence-corrected chi connectivity index (χ0v) is 18.4. The highest BCUT2D eigenvalue weighted by Gasteiger charge is 2.28. The lowest BCUT2D eigenvalue weighted by molar-refractivity contribution is -0.384. The number of anilines is 1. The van der Waals surface area contributed by atoms with Crippen LogP contribution in [0.1, 0.15) is 30.7 Å². The van der Waals surface area contributed by atoms with Gasteiger partial charge in [0.2, 0.25) is 10.0 Å². The molecule has 0 spiro atoms. The Bertz CT molecular complexity index is 1250. The van der Waals surface area contributed by atoms with E-state index in [2.05, 4.69) is 10.3 Å². The largest absolute Gasteiger partial charge is 0.372 e. The van der Waals surface area contributed by atoms with E-state index >= 15 is 0 Å². The fraction of sp³-hybridized carbons (Fsp3) is 0.381. The standard InChI is InChI=1S/C21H25N5O4S/c1-15-7-6-8-18-21(15)24(2)20(23-18)14-22-17-10-9-16(13-19(17)26(27)28)31(29,30)25-11-4-3-5-12-25/h6-10,13,22H,3-5,11-12,14H2,1-2H3. The van der Waals surface area contributed by atoms with Crippen molar-refractivity contribution in [2.75, 3.05) is 18.4 Å². The number of hydrogen-bond donors (Lipinski definition) is 1. The zero-order valence-electron chi connectivity index (χ0n) is 17.5. The molecular weight excluding hydrogens is 418 g/mol. The van der Waals surface area contributed by atoms with E-state index in [1.165, 1.54) is 16.4 Å². The van der Waals surface area contributed by atoms with Crippen molar-refractivity contribution < 1.29 is 13.3 Å². The number of nitro groups is 1. The van der Waals surface area contributed by atoms with E-state index in [-0.39, 0.29) is 22.8 Å². The summed E-state index contributed by atoms with van der Waals surface area (Å²) < 4.78 is 29.2. The smallest absolute Gasteiger partial charge is 0.293 e. The van der Waals surface area contributed by atoms with E-state index in [1.54, 1.807) is 0 Å². The fourth-order valence-corrected chi connectivity index (χ4v) is 5.61. The summed E-state index contributed by atoms with van der Waals surface area (Å²) in [6.45, 7) is 3.17. The lowest BCUT2D eigenvalue weighted by Gasteiger charge is -2.25. The maximum absolute atomic E-state index is 12.9. The Morgan fingerprint density at radius 1 is 1.16 bits per heavy atom. The van der Waals surface area contributed by atoms with Gasteiger partial charge in [0.1, 0.15) is 11.5 Å². The Labute approximate surface area is 180 Å². The number of nitro benzene ring substituents is 1. The van der Waals surface area contributed by atoms with Crippen molar-refractivity contribution in [3.8, 4) is 0 Å². The highest BCUT2D eigenvalue weighted by molar-refractivity contribution is 7.89. The van der Waals surface area contributed by atoms with E-state index in [1.807, 2.05) is 36.7 Å². The summed E-state index contributed by atoms with van der Waals surface area (Å²) in [7, 11) is -1.84. The van der Waals surface area contributed by atoms with E-state index in [0.717, 1.165) is 47.8 Å². The van der Waals surface area contributed by atoms with Crippen LogP contribution in [0.2, 0.25) is 0 Å². The zero-order chi connectivity index (χ0) is 22.2. The van der Waals surface area contributed by atoms with Gasteiger partial charge in [-0.05, 0) is 43.5 Å². The number of nitrogens with one attached hydrogen (secondary N) is 1. The number of imidazole rings is 1. The van der Waals surface area contributed by atoms with Gasteiger partial charge in [-0.2, -0.15) is 4.31 Å². The number of nitrogens with zero attached hydrogens (tertiary/aromatic N) is 4. The van der Waals surface area contributed by atoms with Gasteiger partial charge < -0.3 is 9.88 Å². The molecule has 9 nitrogen and oxygen atoms in total. The van der Waals surface area contributed by atoms with Crippen LogP contribution < -0.4 is 5.32 Å². The molecule has 0 saturated carbocycles. The number of aryl methyl sites for hydroxylation is 2. The van der Waals surface area contributed by atoms with Crippen LogP contribution in [0, 0.1) is 17.0 Å². The monoisotopic (exact) mass is 443 g/mol. The first kappa shape index (κ1) is 21.3. The van der Waals surface area contributed by atoms with Crippen LogP contribution in [0.15, 0.2) is 41.3 Å². The Morgan fingerprint density at radius 3 is 2.58 bits per heavy atom. The lowest BCUT2D eigenvalue weighted by Crippen LogP contribution is -2.35. The molecule has 1 N–H and O–H groups in total. The third-order valence-electron chi connectivity index (χ3n) is 5.74. The molecule has 0 radical (unpaired) electrons. The van der Waals surface area contributed by atoms with Crippen molar-refractivity contribution in [3.05, 3.63) is 57.9 Å². The lowest BCUT2D eigenvalue weighted by atomic mass is 10.2. The molecule has 0 unspecified atom stereocenters. The van der Waals surface area contributed by atoms with E-state index < -0.39 is 14.9 Å². The van der Waals surface area contributed by atoms with Gasteiger partial charge in [0.25, 0.3) is 5.69 Å². The van der Waals surface area contributed by atoms with E-state index in [4.69, 9.17) is 0 Å². The van der Waals surface area contributed by atoms with Crippen LogP contribution in [-0.2, 0) is 23.6 Å². The molecule has 1 saturated heterocycles. The number of rotatable bonds is 6. The summed E-state index contributed by atoms with van der Waals surface area (Å²) in [5.41, 5.74) is 2.95. The molecular formula is C21H25N5O4S. The third-order valence-corrected chi connectivity index (χ3v) is 7.64. The number of sulfonamides is 1. The van der Waals surface area contributed by atoms with E-state index in [0.29, 0.717) is 13.1 Å². The van der Waals surface area contributed by atoms with Gasteiger partial charge in [-0.3, -0.25) is 10.1 Å². The second-order valence-electron chi connectivity index (χ2n) is 7.78. The molecule has 0 bridgehead atoms. The maximum Gasteiger partial charge on any atom is 0.293 e. The normalized spacial score (nSPS) is 15.3. The fourth-order valence-electron chi connectivity index (χ4n) is 4.07. The van der Waals surface area contributed by atoms with Crippen molar-refractivity contribution in [3.63, 3.8) is 0 Å². The predicted octanol–water partition coefficient (Wildman–Crippen LogP) is 3.58. The molecule has 1 fully saturated rings. The van der Waals surface area contributed by atoms with E-state index in [9.17, 15) is 18.5 Å². The topological polar surface area (TPSA) is 110 Å². The van der Waals surface area contributed by atoms with Gasteiger partial charge in [-0.15, -0.1) is 0 Å². The number of piperidine rings is 1. The quantitative estimate of drug-likeness (QED) is 0.461. The minimum atomic E-state index is -3.75. The summed E-state index contributed by atoms with van der Waals surface area (Å²) in [4.78, 5) is 15.7. The van der Waals surface area contributed by atoms with Gasteiger partial charge in [0.05, 0.1) is 27.4 Å². The molecule has 1 aliphatic rings. The molecule has 31 heavy (non-hydrogen) atoms. The molecule has 4 rings (SSSR count). The molecule has 2 aromatic carbocycles. The van der Waals surface area contributed by atoms with Crippen LogP contribution in [0.4, 0.5) is 11.4 Å². The van der Waals surface area contributed by atoms with Crippen LogP contribution in [0.3, 0.4) is 0 Å². The first-order chi connectivity index (χ1) is 14.8. The molecule has 0 atom stereocenters. The van der Waals surface area contributed by atoms with Crippen molar-refractivity contribution in [2.45, 2.75) is 37.6 Å². The number of benzene rings is 2. The summed E-state index contributed by atoms with van der Waals surface area (Å²) >= 11 is 0.